The number of hydrogen-bond acceptors (Lipinski definition) is 5. The largest absolute Gasteiger partial charge is 0.423 e. The summed E-state index contributed by atoms with van der Waals surface area (Å²) in [6, 6.07) is 13.5. The number of nitrogens with one attached hydrogen (secondary N) is 1. The average Bonchev–Trinajstić information content (AvgIpc) is 2.55. The number of hydrogen-bond donors (Lipinski definition) is 1. The lowest BCUT2D eigenvalue weighted by Crippen LogP contribution is -2.41. The predicted molar refractivity (Wildman–Crippen MR) is 89.1 cm³/mol. The Morgan fingerprint density at radius 1 is 1.33 bits per heavy atom. The van der Waals surface area contributed by atoms with Gasteiger partial charge < -0.3 is 15.0 Å². The number of nitrogens with zero attached hydrogens (tertiary/aromatic N) is 2. The molecule has 0 saturated carbocycles. The van der Waals surface area contributed by atoms with Crippen molar-refractivity contribution < 1.29 is 14.3 Å². The van der Waals surface area contributed by atoms with Crippen LogP contribution in [0.4, 0.5) is 11.4 Å². The molecule has 0 atom stereocenters. The average molecular weight is 342 g/mol. The standard InChI is InChI=1S/C17H12ClN3O3/c18-12-4-5-15-14(7-12)21(10-17(23)24-15)9-16(22)20-13-3-1-2-11(6-13)8-19/h1-7H,9-10H2,(H,20,22). The van der Waals surface area contributed by atoms with Crippen LogP contribution in [0.1, 0.15) is 5.56 Å². The first kappa shape index (κ1) is 15.8. The Morgan fingerprint density at radius 2 is 2.17 bits per heavy atom. The molecule has 2 aromatic carbocycles. The number of fused-ring (bicyclic) bond motifs is 1. The Kier molecular flexibility index (Phi) is 4.36. The van der Waals surface area contributed by atoms with Crippen LogP contribution in [-0.4, -0.2) is 25.0 Å². The van der Waals surface area contributed by atoms with E-state index in [0.717, 1.165) is 0 Å². The fourth-order valence-corrected chi connectivity index (χ4v) is 2.57. The predicted octanol–water partition coefficient (Wildman–Crippen LogP) is 2.58. The number of rotatable bonds is 3. The number of halogens is 1. The summed E-state index contributed by atoms with van der Waals surface area (Å²) in [5, 5.41) is 12.1. The summed E-state index contributed by atoms with van der Waals surface area (Å²) >= 11 is 5.98. The molecule has 6 nitrogen and oxygen atoms in total. The molecule has 7 heteroatoms. The zero-order valence-corrected chi connectivity index (χ0v) is 13.2. The fourth-order valence-electron chi connectivity index (χ4n) is 2.40. The fraction of sp³-hybridized carbons (Fsp3) is 0.118. The van der Waals surface area contributed by atoms with Crippen molar-refractivity contribution >= 4 is 34.9 Å². The summed E-state index contributed by atoms with van der Waals surface area (Å²) in [6.45, 7) is -0.0851. The molecule has 0 aliphatic carbocycles. The smallest absolute Gasteiger partial charge is 0.331 e. The monoisotopic (exact) mass is 341 g/mol. The lowest BCUT2D eigenvalue weighted by Gasteiger charge is -2.29. The second-order valence-electron chi connectivity index (χ2n) is 5.18. The zero-order chi connectivity index (χ0) is 17.1. The lowest BCUT2D eigenvalue weighted by molar-refractivity contribution is -0.133. The molecule has 1 heterocycles. The number of anilines is 2. The number of ether oxygens (including phenoxy) is 1. The highest BCUT2D eigenvalue weighted by atomic mass is 35.5. The Morgan fingerprint density at radius 3 is 2.96 bits per heavy atom. The van der Waals surface area contributed by atoms with E-state index in [1.807, 2.05) is 6.07 Å². The third-order valence-corrected chi connectivity index (χ3v) is 3.65. The van der Waals surface area contributed by atoms with Gasteiger partial charge in [-0.2, -0.15) is 5.26 Å². The molecule has 2 aromatic rings. The van der Waals surface area contributed by atoms with Gasteiger partial charge in [0, 0.05) is 10.7 Å². The molecule has 3 rings (SSSR count). The van der Waals surface area contributed by atoms with Gasteiger partial charge in [-0.15, -0.1) is 0 Å². The second kappa shape index (κ2) is 6.60. The van der Waals surface area contributed by atoms with Gasteiger partial charge in [0.15, 0.2) is 5.75 Å². The molecule has 1 amide bonds. The molecule has 0 spiro atoms. The van der Waals surface area contributed by atoms with Crippen LogP contribution < -0.4 is 15.0 Å². The van der Waals surface area contributed by atoms with E-state index < -0.39 is 5.97 Å². The SMILES string of the molecule is N#Cc1cccc(NC(=O)CN2CC(=O)Oc3ccc(Cl)cc32)c1. The molecular formula is C17H12ClN3O3. The summed E-state index contributed by atoms with van der Waals surface area (Å²) in [4.78, 5) is 25.5. The normalized spacial score (nSPS) is 12.8. The number of benzene rings is 2. The van der Waals surface area contributed by atoms with Crippen molar-refractivity contribution in [3.8, 4) is 11.8 Å². The van der Waals surface area contributed by atoms with Crippen molar-refractivity contribution in [1.82, 2.24) is 0 Å². The molecule has 0 bridgehead atoms. The van der Waals surface area contributed by atoms with E-state index in [4.69, 9.17) is 21.6 Å². The molecule has 1 N–H and O–H groups in total. The van der Waals surface area contributed by atoms with Crippen LogP contribution in [0.25, 0.3) is 0 Å². The molecular weight excluding hydrogens is 330 g/mol. The van der Waals surface area contributed by atoms with Gasteiger partial charge in [0.05, 0.1) is 23.9 Å². The third kappa shape index (κ3) is 3.47. The van der Waals surface area contributed by atoms with Crippen LogP contribution in [0.5, 0.6) is 5.75 Å². The van der Waals surface area contributed by atoms with Gasteiger partial charge in [-0.05, 0) is 36.4 Å². The van der Waals surface area contributed by atoms with Gasteiger partial charge >= 0.3 is 5.97 Å². The molecule has 0 unspecified atom stereocenters. The number of esters is 1. The lowest BCUT2D eigenvalue weighted by atomic mass is 10.2. The number of carbonyl (C=O) groups excluding carboxylic acids is 2. The summed E-state index contributed by atoms with van der Waals surface area (Å²) in [7, 11) is 0. The maximum atomic E-state index is 12.3. The van der Waals surface area contributed by atoms with Crippen molar-refractivity contribution in [2.75, 3.05) is 23.3 Å². The van der Waals surface area contributed by atoms with Crippen molar-refractivity contribution in [3.63, 3.8) is 0 Å². The molecule has 0 fully saturated rings. The second-order valence-corrected chi connectivity index (χ2v) is 5.62. The topological polar surface area (TPSA) is 82.4 Å². The first-order valence-electron chi connectivity index (χ1n) is 7.10. The van der Waals surface area contributed by atoms with Crippen molar-refractivity contribution in [1.29, 1.82) is 5.26 Å². The Labute approximate surface area is 143 Å². The van der Waals surface area contributed by atoms with Crippen molar-refractivity contribution in [2.24, 2.45) is 0 Å². The molecule has 0 saturated heterocycles. The number of carbonyl (C=O) groups is 2. The first-order valence-corrected chi connectivity index (χ1v) is 7.48. The van der Waals surface area contributed by atoms with Gasteiger partial charge in [-0.25, -0.2) is 4.79 Å². The van der Waals surface area contributed by atoms with E-state index in [-0.39, 0.29) is 19.0 Å². The molecule has 24 heavy (non-hydrogen) atoms. The highest BCUT2D eigenvalue weighted by Gasteiger charge is 2.26. The molecule has 1 aliphatic rings. The molecule has 0 aromatic heterocycles. The minimum Gasteiger partial charge on any atom is -0.423 e. The van der Waals surface area contributed by atoms with Crippen molar-refractivity contribution in [2.45, 2.75) is 0 Å². The van der Waals surface area contributed by atoms with E-state index in [9.17, 15) is 9.59 Å². The van der Waals surface area contributed by atoms with Gasteiger partial charge in [-0.3, -0.25) is 4.79 Å². The minimum absolute atomic E-state index is 0.0424. The molecule has 120 valence electrons. The Hall–Kier alpha value is -3.04. The first-order chi connectivity index (χ1) is 11.5. The maximum Gasteiger partial charge on any atom is 0.331 e. The third-order valence-electron chi connectivity index (χ3n) is 3.42. The van der Waals surface area contributed by atoms with Gasteiger partial charge in [0.2, 0.25) is 5.91 Å². The van der Waals surface area contributed by atoms with Crippen LogP contribution >= 0.6 is 11.6 Å². The van der Waals surface area contributed by atoms with E-state index >= 15 is 0 Å². The van der Waals surface area contributed by atoms with Crippen molar-refractivity contribution in [3.05, 3.63) is 53.1 Å². The summed E-state index contributed by atoms with van der Waals surface area (Å²) in [5.74, 6) is -0.384. The van der Waals surface area contributed by atoms with Crippen LogP contribution in [0.3, 0.4) is 0 Å². The maximum absolute atomic E-state index is 12.3. The molecule has 1 aliphatic heterocycles. The molecule has 0 radical (unpaired) electrons. The van der Waals surface area contributed by atoms with Gasteiger partial charge in [0.25, 0.3) is 0 Å². The Balaban J connectivity index is 1.76. The summed E-state index contributed by atoms with van der Waals surface area (Å²) < 4.78 is 5.14. The van der Waals surface area contributed by atoms with E-state index in [0.29, 0.717) is 27.7 Å². The van der Waals surface area contributed by atoms with E-state index in [2.05, 4.69) is 5.32 Å². The van der Waals surface area contributed by atoms with E-state index in [1.54, 1.807) is 47.4 Å². The van der Waals surface area contributed by atoms with Crippen LogP contribution in [0.15, 0.2) is 42.5 Å². The quantitative estimate of drug-likeness (QED) is 0.685. The minimum atomic E-state index is -0.441. The highest BCUT2D eigenvalue weighted by molar-refractivity contribution is 6.31. The Bertz CT molecular complexity index is 860. The summed E-state index contributed by atoms with van der Waals surface area (Å²) in [5.41, 5.74) is 1.56. The summed E-state index contributed by atoms with van der Waals surface area (Å²) in [6.07, 6.45) is 0. The van der Waals surface area contributed by atoms with Crippen LogP contribution in [-0.2, 0) is 9.59 Å². The van der Waals surface area contributed by atoms with Crippen LogP contribution in [0.2, 0.25) is 5.02 Å². The highest BCUT2D eigenvalue weighted by Crippen LogP contribution is 2.34. The number of amides is 1. The van der Waals surface area contributed by atoms with E-state index in [1.165, 1.54) is 0 Å². The zero-order valence-electron chi connectivity index (χ0n) is 12.5. The number of nitriles is 1. The van der Waals surface area contributed by atoms with Gasteiger partial charge in [-0.1, -0.05) is 17.7 Å². The van der Waals surface area contributed by atoms with Crippen LogP contribution in [0, 0.1) is 11.3 Å². The van der Waals surface area contributed by atoms with Gasteiger partial charge in [0.1, 0.15) is 6.54 Å².